The van der Waals surface area contributed by atoms with Gasteiger partial charge >= 0.3 is 0 Å². The molecule has 0 radical (unpaired) electrons. The van der Waals surface area contributed by atoms with Crippen LogP contribution in [0, 0.1) is 0 Å². The molecule has 2 N–H and O–H groups in total. The Morgan fingerprint density at radius 2 is 2.50 bits per heavy atom. The largest absolute Gasteiger partial charge is 0.390 e. The zero-order chi connectivity index (χ0) is 8.39. The summed E-state index contributed by atoms with van der Waals surface area (Å²) in [5, 5.41) is 15.7. The summed E-state index contributed by atoms with van der Waals surface area (Å²) in [5.41, 5.74) is 1.23. The lowest BCUT2D eigenvalue weighted by Crippen LogP contribution is -2.51. The van der Waals surface area contributed by atoms with E-state index in [1.807, 2.05) is 12.4 Å². The van der Waals surface area contributed by atoms with Gasteiger partial charge in [0.25, 0.3) is 0 Å². The number of aliphatic hydroxyl groups is 1. The summed E-state index contributed by atoms with van der Waals surface area (Å²) < 4.78 is 0. The van der Waals surface area contributed by atoms with Crippen molar-refractivity contribution < 1.29 is 5.11 Å². The van der Waals surface area contributed by atoms with Crippen LogP contribution in [0.15, 0.2) is 12.4 Å². The topological polar surface area (TPSA) is 52.1 Å². The first-order valence-electron chi connectivity index (χ1n) is 4.22. The van der Waals surface area contributed by atoms with Gasteiger partial charge in [-0.05, 0) is 12.0 Å². The lowest BCUT2D eigenvalue weighted by atomic mass is 10.1. The van der Waals surface area contributed by atoms with Gasteiger partial charge in [0, 0.05) is 25.8 Å². The Labute approximate surface area is 71.2 Å². The van der Waals surface area contributed by atoms with Crippen LogP contribution in [0.25, 0.3) is 0 Å². The lowest BCUT2D eigenvalue weighted by molar-refractivity contribution is 0.00311. The number of aromatic amines is 1. The van der Waals surface area contributed by atoms with Crippen molar-refractivity contribution in [1.29, 1.82) is 0 Å². The van der Waals surface area contributed by atoms with Crippen LogP contribution in [0.3, 0.4) is 0 Å². The van der Waals surface area contributed by atoms with Gasteiger partial charge in [-0.3, -0.25) is 10.00 Å². The Balaban J connectivity index is 1.70. The van der Waals surface area contributed by atoms with Gasteiger partial charge in [0.05, 0.1) is 12.3 Å². The molecule has 12 heavy (non-hydrogen) atoms. The normalized spacial score (nSPS) is 19.4. The van der Waals surface area contributed by atoms with Crippen molar-refractivity contribution in [1.82, 2.24) is 15.1 Å². The van der Waals surface area contributed by atoms with Crippen molar-refractivity contribution in [2.75, 3.05) is 19.6 Å². The molecule has 0 unspecified atom stereocenters. The Morgan fingerprint density at radius 1 is 1.67 bits per heavy atom. The maximum atomic E-state index is 9.02. The maximum absolute atomic E-state index is 9.02. The summed E-state index contributed by atoms with van der Waals surface area (Å²) in [5.74, 6) is 0. The maximum Gasteiger partial charge on any atom is 0.0793 e. The average molecular weight is 167 g/mol. The quantitative estimate of drug-likeness (QED) is 0.645. The Hall–Kier alpha value is -0.870. The minimum Gasteiger partial charge on any atom is -0.390 e. The van der Waals surface area contributed by atoms with Crippen molar-refractivity contribution in [2.24, 2.45) is 0 Å². The van der Waals surface area contributed by atoms with Gasteiger partial charge < -0.3 is 5.11 Å². The fourth-order valence-electron chi connectivity index (χ4n) is 1.43. The first-order chi connectivity index (χ1) is 5.84. The molecule has 0 atom stereocenters. The standard InChI is InChI=1S/C8H13N3O/c12-8-5-11(6-8)2-1-7-3-9-10-4-7/h3-4,8,12H,1-2,5-6H2,(H,9,10). The van der Waals surface area contributed by atoms with E-state index in [1.54, 1.807) is 0 Å². The molecule has 1 aromatic rings. The van der Waals surface area contributed by atoms with Crippen LogP contribution in [0.4, 0.5) is 0 Å². The van der Waals surface area contributed by atoms with Gasteiger partial charge in [-0.15, -0.1) is 0 Å². The smallest absolute Gasteiger partial charge is 0.0793 e. The highest BCUT2D eigenvalue weighted by Crippen LogP contribution is 2.08. The second-order valence-electron chi connectivity index (χ2n) is 3.27. The number of β-amino-alcohol motifs (C(OH)–C–C–N with tert-alkyl or cyclic N) is 1. The minimum atomic E-state index is -0.0886. The number of hydrogen-bond acceptors (Lipinski definition) is 3. The second-order valence-corrected chi connectivity index (χ2v) is 3.27. The highest BCUT2D eigenvalue weighted by atomic mass is 16.3. The summed E-state index contributed by atoms with van der Waals surface area (Å²) >= 11 is 0. The summed E-state index contributed by atoms with van der Waals surface area (Å²) in [6, 6.07) is 0. The van der Waals surface area contributed by atoms with E-state index in [1.165, 1.54) is 5.56 Å². The molecular weight excluding hydrogens is 154 g/mol. The average Bonchev–Trinajstić information content (AvgIpc) is 2.47. The third-order valence-corrected chi connectivity index (χ3v) is 2.21. The van der Waals surface area contributed by atoms with Crippen LogP contribution >= 0.6 is 0 Å². The Bertz CT molecular complexity index is 228. The zero-order valence-electron chi connectivity index (χ0n) is 6.90. The molecular formula is C8H13N3O. The molecule has 0 saturated carbocycles. The first kappa shape index (κ1) is 7.76. The SMILES string of the molecule is OC1CN(CCc2cn[nH]c2)C1. The molecule has 66 valence electrons. The molecule has 0 amide bonds. The third kappa shape index (κ3) is 1.65. The van der Waals surface area contributed by atoms with Gasteiger partial charge in [0.1, 0.15) is 0 Å². The fourth-order valence-corrected chi connectivity index (χ4v) is 1.43. The molecule has 2 heterocycles. The van der Waals surface area contributed by atoms with E-state index in [0.29, 0.717) is 0 Å². The zero-order valence-corrected chi connectivity index (χ0v) is 6.90. The van der Waals surface area contributed by atoms with Gasteiger partial charge in [0.2, 0.25) is 0 Å². The van der Waals surface area contributed by atoms with Crippen LogP contribution in [0.1, 0.15) is 5.56 Å². The molecule has 4 heteroatoms. The van der Waals surface area contributed by atoms with E-state index < -0.39 is 0 Å². The van der Waals surface area contributed by atoms with Gasteiger partial charge in [-0.1, -0.05) is 0 Å². The molecule has 1 fully saturated rings. The van der Waals surface area contributed by atoms with E-state index in [2.05, 4.69) is 15.1 Å². The Morgan fingerprint density at radius 3 is 3.08 bits per heavy atom. The number of aliphatic hydroxyl groups excluding tert-OH is 1. The summed E-state index contributed by atoms with van der Waals surface area (Å²) in [6.07, 6.45) is 4.68. The first-order valence-corrected chi connectivity index (χ1v) is 4.22. The predicted molar refractivity (Wildman–Crippen MR) is 44.7 cm³/mol. The number of likely N-dealkylation sites (tertiary alicyclic amines) is 1. The molecule has 1 saturated heterocycles. The van der Waals surface area contributed by atoms with Gasteiger partial charge in [-0.25, -0.2) is 0 Å². The van der Waals surface area contributed by atoms with E-state index in [-0.39, 0.29) is 6.10 Å². The van der Waals surface area contributed by atoms with E-state index in [9.17, 15) is 0 Å². The molecule has 2 rings (SSSR count). The molecule has 0 bridgehead atoms. The van der Waals surface area contributed by atoms with Crippen molar-refractivity contribution in [3.05, 3.63) is 18.0 Å². The van der Waals surface area contributed by atoms with Crippen LogP contribution in [-0.4, -0.2) is 45.9 Å². The predicted octanol–water partition coefficient (Wildman–Crippen LogP) is -0.371. The van der Waals surface area contributed by atoms with Gasteiger partial charge in [0.15, 0.2) is 0 Å². The van der Waals surface area contributed by atoms with Crippen molar-refractivity contribution >= 4 is 0 Å². The van der Waals surface area contributed by atoms with Crippen molar-refractivity contribution in [3.8, 4) is 0 Å². The summed E-state index contributed by atoms with van der Waals surface area (Å²) in [6.45, 7) is 2.69. The molecule has 1 aliphatic heterocycles. The molecule has 0 aromatic carbocycles. The number of hydrogen-bond donors (Lipinski definition) is 2. The number of aromatic nitrogens is 2. The Kier molecular flexibility index (Phi) is 2.10. The molecule has 0 aliphatic carbocycles. The molecule has 0 spiro atoms. The minimum absolute atomic E-state index is 0.0886. The number of nitrogens with zero attached hydrogens (tertiary/aromatic N) is 2. The number of rotatable bonds is 3. The van der Waals surface area contributed by atoms with Gasteiger partial charge in [-0.2, -0.15) is 5.10 Å². The van der Waals surface area contributed by atoms with E-state index in [4.69, 9.17) is 5.11 Å². The summed E-state index contributed by atoms with van der Waals surface area (Å²) in [7, 11) is 0. The van der Waals surface area contributed by atoms with Crippen LogP contribution in [0.5, 0.6) is 0 Å². The lowest BCUT2D eigenvalue weighted by Gasteiger charge is -2.35. The van der Waals surface area contributed by atoms with E-state index >= 15 is 0 Å². The van der Waals surface area contributed by atoms with Crippen LogP contribution in [-0.2, 0) is 6.42 Å². The second kappa shape index (κ2) is 3.25. The van der Waals surface area contributed by atoms with Crippen LogP contribution < -0.4 is 0 Å². The van der Waals surface area contributed by atoms with Crippen molar-refractivity contribution in [3.63, 3.8) is 0 Å². The fraction of sp³-hybridized carbons (Fsp3) is 0.625. The highest BCUT2D eigenvalue weighted by Gasteiger charge is 2.23. The van der Waals surface area contributed by atoms with E-state index in [0.717, 1.165) is 26.1 Å². The highest BCUT2D eigenvalue weighted by molar-refractivity contribution is 5.03. The van der Waals surface area contributed by atoms with Crippen molar-refractivity contribution in [2.45, 2.75) is 12.5 Å². The van der Waals surface area contributed by atoms with Crippen LogP contribution in [0.2, 0.25) is 0 Å². The molecule has 4 nitrogen and oxygen atoms in total. The number of nitrogens with one attached hydrogen (secondary N) is 1. The molecule has 1 aliphatic rings. The monoisotopic (exact) mass is 167 g/mol. The third-order valence-electron chi connectivity index (χ3n) is 2.21. The molecule has 1 aromatic heterocycles. The summed E-state index contributed by atoms with van der Waals surface area (Å²) in [4.78, 5) is 2.23. The number of H-pyrrole nitrogens is 1.